The number of benzene rings is 1. The quantitative estimate of drug-likeness (QED) is 0.504. The van der Waals surface area contributed by atoms with Gasteiger partial charge in [-0.15, -0.1) is 0 Å². The summed E-state index contributed by atoms with van der Waals surface area (Å²) in [6.07, 6.45) is 2.49. The molecule has 0 amide bonds. The number of guanidine groups is 1. The van der Waals surface area contributed by atoms with Crippen molar-refractivity contribution in [1.29, 1.82) is 0 Å². The van der Waals surface area contributed by atoms with Gasteiger partial charge in [0.15, 0.2) is 17.5 Å². The Morgan fingerprint density at radius 3 is 2.70 bits per heavy atom. The van der Waals surface area contributed by atoms with Crippen LogP contribution in [0, 0.1) is 0 Å². The van der Waals surface area contributed by atoms with Gasteiger partial charge in [0.05, 0.1) is 26.8 Å². The van der Waals surface area contributed by atoms with Crippen LogP contribution in [0.4, 0.5) is 0 Å². The predicted molar refractivity (Wildman–Crippen MR) is 111 cm³/mol. The van der Waals surface area contributed by atoms with Gasteiger partial charge in [-0.25, -0.2) is 0 Å². The maximum atomic E-state index is 6.12. The second-order valence-corrected chi connectivity index (χ2v) is 7.13. The molecule has 0 saturated carbocycles. The number of nitrogens with zero attached hydrogens (tertiary/aromatic N) is 3. The third kappa shape index (κ3) is 5.74. The molecule has 7 heteroatoms. The minimum Gasteiger partial charge on any atom is -0.493 e. The standard InChI is InChI=1S/C20H35N5O2/c1-6-25-11-7-8-16(25)13-22-20(21)23-14-17(24(2)3)15-9-10-18(26-4)19(12-15)27-5/h9-10,12,16-17H,6-8,11,13-14H2,1-5H3,(H3,21,22,23). The fraction of sp³-hybridized carbons (Fsp3) is 0.650. The van der Waals surface area contributed by atoms with Gasteiger partial charge in [0, 0.05) is 12.6 Å². The number of ether oxygens (including phenoxy) is 2. The van der Waals surface area contributed by atoms with Crippen LogP contribution in [0.5, 0.6) is 11.5 Å². The van der Waals surface area contributed by atoms with Crippen molar-refractivity contribution in [2.75, 3.05) is 54.5 Å². The molecule has 3 N–H and O–H groups in total. The molecular weight excluding hydrogens is 342 g/mol. The Kier molecular flexibility index (Phi) is 8.19. The van der Waals surface area contributed by atoms with Gasteiger partial charge in [-0.3, -0.25) is 9.89 Å². The monoisotopic (exact) mass is 377 g/mol. The highest BCUT2D eigenvalue weighted by molar-refractivity contribution is 5.77. The Morgan fingerprint density at radius 1 is 1.33 bits per heavy atom. The summed E-state index contributed by atoms with van der Waals surface area (Å²) in [5.74, 6) is 1.95. The average Bonchev–Trinajstić information content (AvgIpc) is 3.13. The Bertz CT molecular complexity index is 620. The Hall–Kier alpha value is -1.99. The molecule has 1 heterocycles. The molecule has 1 saturated heterocycles. The van der Waals surface area contributed by atoms with Gasteiger partial charge < -0.3 is 25.4 Å². The summed E-state index contributed by atoms with van der Waals surface area (Å²) >= 11 is 0. The van der Waals surface area contributed by atoms with Gasteiger partial charge in [0.1, 0.15) is 0 Å². The number of likely N-dealkylation sites (tertiary alicyclic amines) is 1. The fourth-order valence-corrected chi connectivity index (χ4v) is 3.63. The molecule has 0 aromatic heterocycles. The van der Waals surface area contributed by atoms with Crippen LogP contribution in [-0.2, 0) is 0 Å². The summed E-state index contributed by atoms with van der Waals surface area (Å²) in [6, 6.07) is 6.63. The topological polar surface area (TPSA) is 75.3 Å². The minimum atomic E-state index is 0.101. The van der Waals surface area contributed by atoms with Gasteiger partial charge in [-0.05, 0) is 57.7 Å². The van der Waals surface area contributed by atoms with E-state index >= 15 is 0 Å². The molecule has 152 valence electrons. The number of likely N-dealkylation sites (N-methyl/N-ethyl adjacent to an activating group) is 2. The normalized spacial score (nSPS) is 19.3. The van der Waals surface area contributed by atoms with Crippen molar-refractivity contribution in [3.63, 3.8) is 0 Å². The van der Waals surface area contributed by atoms with E-state index in [-0.39, 0.29) is 6.04 Å². The second kappa shape index (κ2) is 10.4. The average molecular weight is 378 g/mol. The summed E-state index contributed by atoms with van der Waals surface area (Å²) < 4.78 is 10.8. The van der Waals surface area contributed by atoms with Crippen molar-refractivity contribution in [1.82, 2.24) is 15.1 Å². The molecule has 1 aliphatic rings. The van der Waals surface area contributed by atoms with Crippen LogP contribution < -0.4 is 20.5 Å². The molecule has 0 bridgehead atoms. The molecule has 7 nitrogen and oxygen atoms in total. The first-order valence-corrected chi connectivity index (χ1v) is 9.66. The summed E-state index contributed by atoms with van der Waals surface area (Å²) in [7, 11) is 7.37. The lowest BCUT2D eigenvalue weighted by atomic mass is 10.1. The molecule has 1 aliphatic heterocycles. The van der Waals surface area contributed by atoms with Crippen molar-refractivity contribution in [3.8, 4) is 11.5 Å². The molecular formula is C20H35N5O2. The van der Waals surface area contributed by atoms with E-state index < -0.39 is 0 Å². The number of rotatable bonds is 9. The van der Waals surface area contributed by atoms with Gasteiger partial charge in [-0.2, -0.15) is 0 Å². The first-order valence-electron chi connectivity index (χ1n) is 9.66. The van der Waals surface area contributed by atoms with Crippen molar-refractivity contribution in [3.05, 3.63) is 23.8 Å². The smallest absolute Gasteiger partial charge is 0.188 e. The molecule has 2 unspecified atom stereocenters. The van der Waals surface area contributed by atoms with Gasteiger partial charge >= 0.3 is 0 Å². The third-order valence-corrected chi connectivity index (χ3v) is 5.27. The van der Waals surface area contributed by atoms with E-state index in [1.165, 1.54) is 19.4 Å². The van der Waals surface area contributed by atoms with Crippen LogP contribution in [0.2, 0.25) is 0 Å². The number of hydrogen-bond acceptors (Lipinski definition) is 5. The van der Waals surface area contributed by atoms with Crippen molar-refractivity contribution in [2.45, 2.75) is 31.8 Å². The summed E-state index contributed by atoms with van der Waals surface area (Å²) in [5.41, 5.74) is 7.24. The number of nitrogens with two attached hydrogens (primary N) is 1. The number of aliphatic imine (C=N–C) groups is 1. The zero-order valence-electron chi connectivity index (χ0n) is 17.4. The van der Waals surface area contributed by atoms with Crippen molar-refractivity contribution < 1.29 is 9.47 Å². The Labute approximate surface area is 163 Å². The molecule has 2 rings (SSSR count). The second-order valence-electron chi connectivity index (χ2n) is 7.13. The van der Waals surface area contributed by atoms with Crippen LogP contribution in [0.15, 0.2) is 23.2 Å². The zero-order valence-corrected chi connectivity index (χ0v) is 17.4. The van der Waals surface area contributed by atoms with E-state index in [4.69, 9.17) is 15.2 Å². The van der Waals surface area contributed by atoms with Crippen molar-refractivity contribution >= 4 is 5.96 Å². The number of nitrogens with one attached hydrogen (secondary N) is 1. The van der Waals surface area contributed by atoms with Gasteiger partial charge in [0.2, 0.25) is 0 Å². The maximum absolute atomic E-state index is 6.12. The molecule has 27 heavy (non-hydrogen) atoms. The molecule has 0 radical (unpaired) electrons. The Balaban J connectivity index is 2.00. The number of methoxy groups -OCH3 is 2. The first-order chi connectivity index (χ1) is 13.0. The molecule has 0 aliphatic carbocycles. The van der Waals surface area contributed by atoms with E-state index in [1.807, 2.05) is 32.3 Å². The van der Waals surface area contributed by atoms with Crippen molar-refractivity contribution in [2.24, 2.45) is 10.7 Å². The SMILES string of the molecule is CCN1CCCC1CNC(N)=NCC(c1ccc(OC)c(OC)c1)N(C)C. The Morgan fingerprint density at radius 2 is 2.07 bits per heavy atom. The predicted octanol–water partition coefficient (Wildman–Crippen LogP) is 1.70. The van der Waals surface area contributed by atoms with E-state index in [9.17, 15) is 0 Å². The van der Waals surface area contributed by atoms with Crippen LogP contribution in [0.3, 0.4) is 0 Å². The lowest BCUT2D eigenvalue weighted by Crippen LogP contribution is -2.43. The molecule has 0 spiro atoms. The van der Waals surface area contributed by atoms with E-state index in [1.54, 1.807) is 14.2 Å². The highest BCUT2D eigenvalue weighted by Crippen LogP contribution is 2.31. The fourth-order valence-electron chi connectivity index (χ4n) is 3.63. The van der Waals surface area contributed by atoms with Gasteiger partial charge in [0.25, 0.3) is 0 Å². The van der Waals surface area contributed by atoms with Crippen LogP contribution in [0.25, 0.3) is 0 Å². The van der Waals surface area contributed by atoms with E-state index in [0.717, 1.165) is 30.2 Å². The largest absolute Gasteiger partial charge is 0.493 e. The zero-order chi connectivity index (χ0) is 19.8. The lowest BCUT2D eigenvalue weighted by molar-refractivity contribution is 0.267. The lowest BCUT2D eigenvalue weighted by Gasteiger charge is -2.25. The van der Waals surface area contributed by atoms with Crippen LogP contribution in [0.1, 0.15) is 31.4 Å². The minimum absolute atomic E-state index is 0.101. The highest BCUT2D eigenvalue weighted by atomic mass is 16.5. The van der Waals surface area contributed by atoms with Crippen LogP contribution in [-0.4, -0.2) is 76.3 Å². The summed E-state index contributed by atoms with van der Waals surface area (Å²) in [6.45, 7) is 5.91. The molecule has 1 fully saturated rings. The van der Waals surface area contributed by atoms with E-state index in [0.29, 0.717) is 18.5 Å². The molecule has 2 atom stereocenters. The molecule has 1 aromatic rings. The first kappa shape index (κ1) is 21.3. The molecule has 1 aromatic carbocycles. The van der Waals surface area contributed by atoms with Gasteiger partial charge in [-0.1, -0.05) is 13.0 Å². The summed E-state index contributed by atoms with van der Waals surface area (Å²) in [4.78, 5) is 9.21. The van der Waals surface area contributed by atoms with Crippen LogP contribution >= 0.6 is 0 Å². The maximum Gasteiger partial charge on any atom is 0.188 e. The third-order valence-electron chi connectivity index (χ3n) is 5.27. The highest BCUT2D eigenvalue weighted by Gasteiger charge is 2.22. The number of hydrogen-bond donors (Lipinski definition) is 2. The van der Waals surface area contributed by atoms with E-state index in [2.05, 4.69) is 27.0 Å². The summed E-state index contributed by atoms with van der Waals surface area (Å²) in [5, 5.41) is 3.30.